The van der Waals surface area contributed by atoms with Crippen LogP contribution in [0.5, 0.6) is 0 Å². The summed E-state index contributed by atoms with van der Waals surface area (Å²) in [5.74, 6) is -0.222. The van der Waals surface area contributed by atoms with Crippen molar-refractivity contribution in [2.45, 2.75) is 12.5 Å². The van der Waals surface area contributed by atoms with E-state index in [2.05, 4.69) is 10.6 Å². The zero-order valence-corrected chi connectivity index (χ0v) is 13.6. The lowest BCUT2D eigenvalue weighted by Gasteiger charge is -2.38. The van der Waals surface area contributed by atoms with Crippen LogP contribution in [0.4, 0.5) is 0 Å². The smallest absolute Gasteiger partial charge is 0.228 e. The molecule has 1 aromatic carbocycles. The second-order valence-corrected chi connectivity index (χ2v) is 5.95. The number of nitrogens with zero attached hydrogens (tertiary/aromatic N) is 1. The van der Waals surface area contributed by atoms with E-state index in [1.165, 1.54) is 0 Å². The van der Waals surface area contributed by atoms with Gasteiger partial charge in [0.05, 0.1) is 12.0 Å². The molecule has 7 heteroatoms. The van der Waals surface area contributed by atoms with E-state index in [4.69, 9.17) is 11.6 Å². The van der Waals surface area contributed by atoms with Gasteiger partial charge in [-0.05, 0) is 17.7 Å². The van der Waals surface area contributed by atoms with Crippen molar-refractivity contribution in [1.29, 1.82) is 0 Å². The van der Waals surface area contributed by atoms with Crippen molar-refractivity contribution >= 4 is 35.8 Å². The highest BCUT2D eigenvalue weighted by atomic mass is 35.5. The summed E-state index contributed by atoms with van der Waals surface area (Å²) in [6, 6.07) is 7.59. The van der Waals surface area contributed by atoms with Gasteiger partial charge in [-0.1, -0.05) is 23.7 Å². The van der Waals surface area contributed by atoms with Crippen LogP contribution < -0.4 is 10.6 Å². The summed E-state index contributed by atoms with van der Waals surface area (Å²) in [5.41, 5.74) is 1.03. The lowest BCUT2D eigenvalue weighted by Crippen LogP contribution is -2.50. The quantitative estimate of drug-likeness (QED) is 0.852. The van der Waals surface area contributed by atoms with Crippen molar-refractivity contribution in [3.05, 3.63) is 34.9 Å². The van der Waals surface area contributed by atoms with E-state index in [1.807, 2.05) is 29.2 Å². The van der Waals surface area contributed by atoms with Gasteiger partial charge in [0, 0.05) is 37.6 Å². The highest BCUT2D eigenvalue weighted by molar-refractivity contribution is 6.30. The van der Waals surface area contributed by atoms with Crippen LogP contribution in [0.25, 0.3) is 0 Å². The first-order valence-electron chi connectivity index (χ1n) is 7.18. The molecule has 0 spiro atoms. The number of carbonyl (C=O) groups excluding carboxylic acids is 2. The predicted octanol–water partition coefficient (Wildman–Crippen LogP) is 1.37. The normalized spacial score (nSPS) is 24.6. The fourth-order valence-corrected chi connectivity index (χ4v) is 3.19. The van der Waals surface area contributed by atoms with E-state index in [0.717, 1.165) is 12.1 Å². The Bertz CT molecular complexity index is 567. The molecule has 2 N–H and O–H groups in total. The number of rotatable bonds is 2. The van der Waals surface area contributed by atoms with Gasteiger partial charge in [0.2, 0.25) is 11.8 Å². The van der Waals surface area contributed by atoms with Gasteiger partial charge >= 0.3 is 0 Å². The Hall–Kier alpha value is -1.30. The minimum atomic E-state index is -0.239. The number of halogens is 2. The molecule has 22 heavy (non-hydrogen) atoms. The number of amides is 2. The van der Waals surface area contributed by atoms with Gasteiger partial charge in [-0.15, -0.1) is 12.4 Å². The maximum absolute atomic E-state index is 12.7. The van der Waals surface area contributed by atoms with Gasteiger partial charge in [0.15, 0.2) is 0 Å². The number of carbonyl (C=O) groups is 2. The standard InChI is InChI=1S/C15H18ClN3O2.ClH/c16-12-3-1-2-10(6-12)13-9-17-4-5-19(13)15(21)11-7-14(20)18-8-11;/h1-3,6,11,13,17H,4-5,7-9H2,(H,18,20);1H. The highest BCUT2D eigenvalue weighted by Gasteiger charge is 2.35. The topological polar surface area (TPSA) is 61.4 Å². The molecular weight excluding hydrogens is 325 g/mol. The molecule has 2 amide bonds. The Kier molecular flexibility index (Phi) is 5.67. The summed E-state index contributed by atoms with van der Waals surface area (Å²) in [5, 5.41) is 6.72. The maximum atomic E-state index is 12.7. The van der Waals surface area contributed by atoms with Crippen molar-refractivity contribution in [2.24, 2.45) is 5.92 Å². The lowest BCUT2D eigenvalue weighted by molar-refractivity contribution is -0.139. The molecule has 0 saturated carbocycles. The zero-order chi connectivity index (χ0) is 14.8. The van der Waals surface area contributed by atoms with Gasteiger partial charge < -0.3 is 15.5 Å². The molecule has 2 aliphatic rings. The van der Waals surface area contributed by atoms with Crippen LogP contribution in [-0.4, -0.2) is 42.9 Å². The van der Waals surface area contributed by atoms with E-state index in [0.29, 0.717) is 31.1 Å². The Morgan fingerprint density at radius 3 is 2.82 bits per heavy atom. The second-order valence-electron chi connectivity index (χ2n) is 5.51. The van der Waals surface area contributed by atoms with Gasteiger partial charge in [-0.25, -0.2) is 0 Å². The third-order valence-corrected chi connectivity index (χ3v) is 4.32. The molecule has 2 heterocycles. The largest absolute Gasteiger partial charge is 0.355 e. The zero-order valence-electron chi connectivity index (χ0n) is 12.0. The van der Waals surface area contributed by atoms with Gasteiger partial charge in [0.25, 0.3) is 0 Å². The van der Waals surface area contributed by atoms with Crippen molar-refractivity contribution in [2.75, 3.05) is 26.2 Å². The molecule has 1 aromatic rings. The van der Waals surface area contributed by atoms with Crippen LogP contribution in [0.15, 0.2) is 24.3 Å². The highest BCUT2D eigenvalue weighted by Crippen LogP contribution is 2.27. The number of benzene rings is 1. The Labute approximate surface area is 140 Å². The minimum absolute atomic E-state index is 0. The van der Waals surface area contributed by atoms with Crippen molar-refractivity contribution in [3.8, 4) is 0 Å². The Morgan fingerprint density at radius 2 is 2.14 bits per heavy atom. The summed E-state index contributed by atoms with van der Waals surface area (Å²) in [6.45, 7) is 2.58. The summed E-state index contributed by atoms with van der Waals surface area (Å²) in [4.78, 5) is 25.9. The summed E-state index contributed by atoms with van der Waals surface area (Å²) in [7, 11) is 0. The first kappa shape index (κ1) is 17.1. The molecule has 2 saturated heterocycles. The van der Waals surface area contributed by atoms with E-state index < -0.39 is 0 Å². The Balaban J connectivity index is 0.00000176. The SMILES string of the molecule is Cl.O=C1CC(C(=O)N2CCNCC2c2cccc(Cl)c2)CN1. The van der Waals surface area contributed by atoms with Crippen molar-refractivity contribution in [3.63, 3.8) is 0 Å². The van der Waals surface area contributed by atoms with E-state index in [-0.39, 0.29) is 36.2 Å². The third kappa shape index (κ3) is 3.54. The van der Waals surface area contributed by atoms with Crippen molar-refractivity contribution in [1.82, 2.24) is 15.5 Å². The van der Waals surface area contributed by atoms with Crippen LogP contribution in [0.3, 0.4) is 0 Å². The van der Waals surface area contributed by atoms with Crippen LogP contribution >= 0.6 is 24.0 Å². The van der Waals surface area contributed by atoms with Gasteiger partial charge in [0.1, 0.15) is 0 Å². The number of piperazine rings is 1. The van der Waals surface area contributed by atoms with Crippen LogP contribution in [0, 0.1) is 5.92 Å². The fraction of sp³-hybridized carbons (Fsp3) is 0.467. The second kappa shape index (κ2) is 7.31. The molecule has 120 valence electrons. The molecule has 2 unspecified atom stereocenters. The molecule has 0 aromatic heterocycles. The molecule has 0 bridgehead atoms. The van der Waals surface area contributed by atoms with E-state index >= 15 is 0 Å². The molecule has 5 nitrogen and oxygen atoms in total. The minimum Gasteiger partial charge on any atom is -0.355 e. The maximum Gasteiger partial charge on any atom is 0.228 e. The summed E-state index contributed by atoms with van der Waals surface area (Å²) in [6.07, 6.45) is 0.297. The van der Waals surface area contributed by atoms with Gasteiger partial charge in [-0.3, -0.25) is 9.59 Å². The summed E-state index contributed by atoms with van der Waals surface area (Å²) < 4.78 is 0. The molecular formula is C15H19Cl2N3O2. The van der Waals surface area contributed by atoms with Crippen LogP contribution in [0.2, 0.25) is 5.02 Å². The molecule has 2 atom stereocenters. The average molecular weight is 344 g/mol. The van der Waals surface area contributed by atoms with Crippen LogP contribution in [-0.2, 0) is 9.59 Å². The monoisotopic (exact) mass is 343 g/mol. The first-order chi connectivity index (χ1) is 10.1. The first-order valence-corrected chi connectivity index (χ1v) is 7.56. The van der Waals surface area contributed by atoms with E-state index in [9.17, 15) is 9.59 Å². The molecule has 3 rings (SSSR count). The summed E-state index contributed by atoms with van der Waals surface area (Å²) >= 11 is 6.06. The van der Waals surface area contributed by atoms with Gasteiger partial charge in [-0.2, -0.15) is 0 Å². The number of hydrogen-bond donors (Lipinski definition) is 2. The number of hydrogen-bond acceptors (Lipinski definition) is 3. The third-order valence-electron chi connectivity index (χ3n) is 4.09. The molecule has 0 radical (unpaired) electrons. The van der Waals surface area contributed by atoms with E-state index in [1.54, 1.807) is 0 Å². The average Bonchev–Trinajstić information content (AvgIpc) is 2.93. The fourth-order valence-electron chi connectivity index (χ4n) is 2.99. The lowest BCUT2D eigenvalue weighted by atomic mass is 9.99. The molecule has 0 aliphatic carbocycles. The molecule has 2 aliphatic heterocycles. The van der Waals surface area contributed by atoms with Crippen molar-refractivity contribution < 1.29 is 9.59 Å². The predicted molar refractivity (Wildman–Crippen MR) is 87.1 cm³/mol. The molecule has 2 fully saturated rings. The Morgan fingerprint density at radius 1 is 1.32 bits per heavy atom. The van der Waals surface area contributed by atoms with Crippen LogP contribution in [0.1, 0.15) is 18.0 Å². The number of nitrogens with one attached hydrogen (secondary N) is 2.